The minimum atomic E-state index is 0.119. The molecule has 0 atom stereocenters. The van der Waals surface area contributed by atoms with Gasteiger partial charge in [-0.1, -0.05) is 26.8 Å². The van der Waals surface area contributed by atoms with Crippen molar-refractivity contribution in [3.05, 3.63) is 11.8 Å². The van der Waals surface area contributed by atoms with Gasteiger partial charge in [-0.2, -0.15) is 10.2 Å². The minimum Gasteiger partial charge on any atom is -0.192 e. The van der Waals surface area contributed by atoms with E-state index in [4.69, 9.17) is 0 Å². The largest absolute Gasteiger partial charge is 0.192 e. The molecule has 10 heavy (non-hydrogen) atoms. The summed E-state index contributed by atoms with van der Waals surface area (Å²) < 4.78 is 0. The van der Waals surface area contributed by atoms with Gasteiger partial charge in [0, 0.05) is 12.5 Å². The van der Waals surface area contributed by atoms with Crippen molar-refractivity contribution in [3.8, 4) is 0 Å². The normalized spacial score (nSPS) is 14.7. The highest BCUT2D eigenvalue weighted by atomic mass is 15.1. The molecule has 0 aliphatic heterocycles. The van der Waals surface area contributed by atoms with Crippen LogP contribution in [0.15, 0.2) is 22.0 Å². The molecule has 0 N–H and O–H groups in total. The Hall–Kier alpha value is -0.660. The summed E-state index contributed by atoms with van der Waals surface area (Å²) in [4.78, 5) is 0. The van der Waals surface area contributed by atoms with Crippen LogP contribution in [0.4, 0.5) is 0 Å². The van der Waals surface area contributed by atoms with E-state index >= 15 is 0 Å². The molecule has 0 saturated carbocycles. The van der Waals surface area contributed by atoms with Crippen molar-refractivity contribution >= 4 is 0 Å². The van der Waals surface area contributed by atoms with E-state index in [1.807, 2.05) is 13.0 Å². The Labute approximate surface area is 63.1 Å². The third-order valence-corrected chi connectivity index (χ3v) is 1.25. The van der Waals surface area contributed by atoms with E-state index in [1.165, 1.54) is 0 Å². The quantitative estimate of drug-likeness (QED) is 0.500. The first-order chi connectivity index (χ1) is 4.52. The summed E-state index contributed by atoms with van der Waals surface area (Å²) in [5.41, 5.74) is 1.16. The van der Waals surface area contributed by atoms with Crippen LogP contribution in [0.25, 0.3) is 0 Å². The summed E-state index contributed by atoms with van der Waals surface area (Å²) >= 11 is 0. The van der Waals surface area contributed by atoms with E-state index < -0.39 is 0 Å². The van der Waals surface area contributed by atoms with Crippen LogP contribution in [0, 0.1) is 5.41 Å². The monoisotopic (exact) mass is 140 g/mol. The Bertz CT molecular complexity index is 149. The minimum absolute atomic E-state index is 0.119. The average Bonchev–Trinajstić information content (AvgIpc) is 1.80. The van der Waals surface area contributed by atoms with Crippen LogP contribution >= 0.6 is 0 Å². The summed E-state index contributed by atoms with van der Waals surface area (Å²) in [6.07, 6.45) is 1.99. The molecule has 0 spiro atoms. The molecule has 0 aromatic rings. The van der Waals surface area contributed by atoms with Gasteiger partial charge >= 0.3 is 0 Å². The Kier molecular flexibility index (Phi) is 3.26. The lowest BCUT2D eigenvalue weighted by Gasteiger charge is -2.17. The van der Waals surface area contributed by atoms with E-state index in [1.54, 1.807) is 7.05 Å². The predicted octanol–water partition coefficient (Wildman–Crippen LogP) is 3.02. The van der Waals surface area contributed by atoms with Gasteiger partial charge < -0.3 is 0 Å². The average molecular weight is 140 g/mol. The SMILES string of the molecule is C/C=C(\N=NC)C(C)(C)C. The smallest absolute Gasteiger partial charge is 0.0636 e. The van der Waals surface area contributed by atoms with Gasteiger partial charge in [0.05, 0.1) is 5.70 Å². The Morgan fingerprint density at radius 1 is 1.30 bits per heavy atom. The van der Waals surface area contributed by atoms with Gasteiger partial charge in [0.1, 0.15) is 0 Å². The molecule has 2 nitrogen and oxygen atoms in total. The summed E-state index contributed by atoms with van der Waals surface area (Å²) in [7, 11) is 1.69. The van der Waals surface area contributed by atoms with Crippen molar-refractivity contribution in [2.24, 2.45) is 15.6 Å². The third kappa shape index (κ3) is 2.76. The van der Waals surface area contributed by atoms with E-state index in [-0.39, 0.29) is 5.41 Å². The van der Waals surface area contributed by atoms with Gasteiger partial charge in [-0.3, -0.25) is 0 Å². The number of allylic oxidation sites excluding steroid dienone is 2. The molecule has 0 bridgehead atoms. The van der Waals surface area contributed by atoms with Gasteiger partial charge in [-0.25, -0.2) is 0 Å². The summed E-state index contributed by atoms with van der Waals surface area (Å²) in [6.45, 7) is 8.35. The van der Waals surface area contributed by atoms with Gasteiger partial charge in [-0.15, -0.1) is 0 Å². The highest BCUT2D eigenvalue weighted by Crippen LogP contribution is 2.25. The number of nitrogens with zero attached hydrogens (tertiary/aromatic N) is 2. The summed E-state index contributed by atoms with van der Waals surface area (Å²) in [5, 5.41) is 7.73. The van der Waals surface area contributed by atoms with Gasteiger partial charge in [-0.05, 0) is 6.92 Å². The molecule has 0 unspecified atom stereocenters. The van der Waals surface area contributed by atoms with Crippen LogP contribution in [0.5, 0.6) is 0 Å². The van der Waals surface area contributed by atoms with Crippen molar-refractivity contribution in [3.63, 3.8) is 0 Å². The Balaban J connectivity index is 4.39. The second kappa shape index (κ2) is 3.49. The standard InChI is InChI=1S/C8H16N2/c1-6-7(10-9-5)8(2,3)4/h6H,1-5H3/b7-6-,10-9?. The molecule has 0 aromatic carbocycles. The van der Waals surface area contributed by atoms with Crippen molar-refractivity contribution in [1.82, 2.24) is 0 Å². The zero-order chi connectivity index (χ0) is 8.20. The first-order valence-electron chi connectivity index (χ1n) is 3.49. The van der Waals surface area contributed by atoms with E-state index in [0.29, 0.717) is 0 Å². The van der Waals surface area contributed by atoms with Crippen molar-refractivity contribution in [1.29, 1.82) is 0 Å². The van der Waals surface area contributed by atoms with Crippen molar-refractivity contribution in [2.45, 2.75) is 27.7 Å². The molecule has 0 aromatic heterocycles. The molecular formula is C8H16N2. The lowest BCUT2D eigenvalue weighted by atomic mass is 9.92. The lowest BCUT2D eigenvalue weighted by molar-refractivity contribution is 0.491. The molecule has 58 valence electrons. The third-order valence-electron chi connectivity index (χ3n) is 1.25. The summed E-state index contributed by atoms with van der Waals surface area (Å²) in [6, 6.07) is 0. The fourth-order valence-corrected chi connectivity index (χ4v) is 0.748. The zero-order valence-electron chi connectivity index (χ0n) is 7.47. The molecule has 0 saturated heterocycles. The van der Waals surface area contributed by atoms with Crippen LogP contribution in [0.1, 0.15) is 27.7 Å². The van der Waals surface area contributed by atoms with E-state index in [9.17, 15) is 0 Å². The predicted molar refractivity (Wildman–Crippen MR) is 44.0 cm³/mol. The van der Waals surface area contributed by atoms with Crippen LogP contribution in [0.2, 0.25) is 0 Å². The zero-order valence-corrected chi connectivity index (χ0v) is 7.47. The Morgan fingerprint density at radius 3 is 1.90 bits per heavy atom. The van der Waals surface area contributed by atoms with Crippen LogP contribution in [-0.2, 0) is 0 Å². The fourth-order valence-electron chi connectivity index (χ4n) is 0.748. The van der Waals surface area contributed by atoms with Crippen LogP contribution in [-0.4, -0.2) is 7.05 Å². The molecular weight excluding hydrogens is 124 g/mol. The molecule has 0 fully saturated rings. The highest BCUT2D eigenvalue weighted by molar-refractivity contribution is 5.06. The highest BCUT2D eigenvalue weighted by Gasteiger charge is 2.15. The van der Waals surface area contributed by atoms with Crippen molar-refractivity contribution < 1.29 is 0 Å². The molecule has 0 heterocycles. The van der Waals surface area contributed by atoms with Crippen molar-refractivity contribution in [2.75, 3.05) is 7.05 Å². The molecule has 2 heteroatoms. The molecule has 0 aliphatic carbocycles. The molecule has 0 radical (unpaired) electrons. The second-order valence-corrected chi connectivity index (χ2v) is 3.22. The molecule has 0 aliphatic rings. The summed E-state index contributed by atoms with van der Waals surface area (Å²) in [5.74, 6) is 0. The Morgan fingerprint density at radius 2 is 1.80 bits per heavy atom. The van der Waals surface area contributed by atoms with Crippen LogP contribution in [0.3, 0.4) is 0 Å². The molecule has 0 rings (SSSR count). The van der Waals surface area contributed by atoms with Gasteiger partial charge in [0.2, 0.25) is 0 Å². The molecule has 0 amide bonds. The van der Waals surface area contributed by atoms with E-state index in [2.05, 4.69) is 31.0 Å². The number of rotatable bonds is 1. The lowest BCUT2D eigenvalue weighted by Crippen LogP contribution is -2.06. The first kappa shape index (κ1) is 9.34. The first-order valence-corrected chi connectivity index (χ1v) is 3.49. The number of hydrogen-bond acceptors (Lipinski definition) is 2. The number of hydrogen-bond donors (Lipinski definition) is 0. The topological polar surface area (TPSA) is 24.7 Å². The maximum Gasteiger partial charge on any atom is 0.0636 e. The van der Waals surface area contributed by atoms with E-state index in [0.717, 1.165) is 5.70 Å². The second-order valence-electron chi connectivity index (χ2n) is 3.22. The maximum atomic E-state index is 4.00. The van der Waals surface area contributed by atoms with Gasteiger partial charge in [0.25, 0.3) is 0 Å². The maximum absolute atomic E-state index is 4.00. The number of azo groups is 1. The van der Waals surface area contributed by atoms with Gasteiger partial charge in [0.15, 0.2) is 0 Å². The fraction of sp³-hybridized carbons (Fsp3) is 0.750. The van der Waals surface area contributed by atoms with Crippen LogP contribution < -0.4 is 0 Å².